The maximum Gasteiger partial charge on any atom is 0.122 e. The molecule has 1 N–H and O–H groups in total. The van der Waals surface area contributed by atoms with Crippen molar-refractivity contribution < 1.29 is 9.84 Å². The Hall–Kier alpha value is -0.490. The van der Waals surface area contributed by atoms with Gasteiger partial charge in [0.2, 0.25) is 0 Å². The summed E-state index contributed by atoms with van der Waals surface area (Å²) in [5, 5.41) is 12.6. The van der Waals surface area contributed by atoms with Gasteiger partial charge in [0.15, 0.2) is 0 Å². The van der Waals surface area contributed by atoms with Gasteiger partial charge in [0, 0.05) is 25.6 Å². The number of hydrogen-bond acceptors (Lipinski definition) is 5. The first-order valence-corrected chi connectivity index (χ1v) is 6.78. The molecule has 0 spiro atoms. The van der Waals surface area contributed by atoms with E-state index in [1.54, 1.807) is 18.4 Å². The summed E-state index contributed by atoms with van der Waals surface area (Å²) in [6, 6.07) is 0. The van der Waals surface area contributed by atoms with Gasteiger partial charge in [0.05, 0.1) is 11.8 Å². The summed E-state index contributed by atoms with van der Waals surface area (Å²) in [4.78, 5) is 6.61. The molecule has 1 heterocycles. The molecule has 2 unspecified atom stereocenters. The van der Waals surface area contributed by atoms with Crippen LogP contribution in [0.5, 0.6) is 0 Å². The van der Waals surface area contributed by atoms with E-state index < -0.39 is 0 Å². The second-order valence-electron chi connectivity index (χ2n) is 4.31. The molecule has 0 radical (unpaired) electrons. The van der Waals surface area contributed by atoms with Crippen LogP contribution in [0.4, 0.5) is 0 Å². The summed E-state index contributed by atoms with van der Waals surface area (Å²) >= 11 is 1.62. The number of likely N-dealkylation sites (N-methyl/N-ethyl adjacent to an activating group) is 1. The van der Waals surface area contributed by atoms with Crippen molar-refractivity contribution in [3.05, 3.63) is 16.1 Å². The van der Waals surface area contributed by atoms with Crippen LogP contribution in [0.15, 0.2) is 5.38 Å². The summed E-state index contributed by atoms with van der Waals surface area (Å²) in [6.07, 6.45) is 0.587. The van der Waals surface area contributed by atoms with E-state index in [0.717, 1.165) is 23.7 Å². The van der Waals surface area contributed by atoms with E-state index in [0.29, 0.717) is 6.54 Å². The Morgan fingerprint density at radius 3 is 2.88 bits per heavy atom. The molecule has 17 heavy (non-hydrogen) atoms. The first-order valence-electron chi connectivity index (χ1n) is 5.90. The molecule has 1 aromatic heterocycles. The highest BCUT2D eigenvalue weighted by Gasteiger charge is 2.12. The molecule has 5 heteroatoms. The lowest BCUT2D eigenvalue weighted by atomic mass is 10.2. The van der Waals surface area contributed by atoms with Gasteiger partial charge in [0.25, 0.3) is 0 Å². The van der Waals surface area contributed by atoms with Crippen LogP contribution < -0.4 is 0 Å². The number of aliphatic hydroxyl groups excluding tert-OH is 1. The zero-order chi connectivity index (χ0) is 12.8. The van der Waals surface area contributed by atoms with Gasteiger partial charge in [-0.3, -0.25) is 4.90 Å². The van der Waals surface area contributed by atoms with Crippen molar-refractivity contribution in [3.8, 4) is 0 Å². The van der Waals surface area contributed by atoms with Gasteiger partial charge in [-0.05, 0) is 20.4 Å². The van der Waals surface area contributed by atoms with Gasteiger partial charge in [-0.25, -0.2) is 4.98 Å². The number of aromatic nitrogens is 1. The summed E-state index contributed by atoms with van der Waals surface area (Å²) in [5.74, 6) is 0. The first kappa shape index (κ1) is 14.6. The standard InChI is InChI=1S/C12H22N2O2S/c1-5-11(15)7-14(3)6-10-8-17-12(13-10)9(2)16-4/h8-9,11,15H,5-7H2,1-4H3. The molecular formula is C12H22N2O2S. The monoisotopic (exact) mass is 258 g/mol. The molecule has 98 valence electrons. The molecule has 0 aliphatic carbocycles. The SMILES string of the molecule is CCC(O)CN(C)Cc1csc(C(C)OC)n1. The van der Waals surface area contributed by atoms with Crippen LogP contribution in [-0.2, 0) is 11.3 Å². The number of aliphatic hydroxyl groups is 1. The van der Waals surface area contributed by atoms with E-state index in [9.17, 15) is 5.11 Å². The number of nitrogens with zero attached hydrogens (tertiary/aromatic N) is 2. The average Bonchev–Trinajstić information content (AvgIpc) is 2.76. The number of methoxy groups -OCH3 is 1. The van der Waals surface area contributed by atoms with Crippen molar-refractivity contribution in [1.29, 1.82) is 0 Å². The van der Waals surface area contributed by atoms with Crippen molar-refractivity contribution in [3.63, 3.8) is 0 Å². The zero-order valence-corrected chi connectivity index (χ0v) is 11.8. The van der Waals surface area contributed by atoms with E-state index in [4.69, 9.17) is 4.74 Å². The van der Waals surface area contributed by atoms with E-state index in [1.165, 1.54) is 0 Å². The second-order valence-corrected chi connectivity index (χ2v) is 5.20. The van der Waals surface area contributed by atoms with Crippen LogP contribution in [0.3, 0.4) is 0 Å². The van der Waals surface area contributed by atoms with Crippen LogP contribution in [0.1, 0.15) is 37.1 Å². The molecule has 0 aromatic carbocycles. The van der Waals surface area contributed by atoms with Crippen LogP contribution in [-0.4, -0.2) is 41.8 Å². The van der Waals surface area contributed by atoms with Crippen molar-refractivity contribution in [2.45, 2.75) is 39.0 Å². The number of thiazole rings is 1. The average molecular weight is 258 g/mol. The minimum Gasteiger partial charge on any atom is -0.392 e. The third-order valence-electron chi connectivity index (χ3n) is 2.70. The molecule has 0 aliphatic rings. The molecule has 0 aliphatic heterocycles. The van der Waals surface area contributed by atoms with Gasteiger partial charge in [-0.15, -0.1) is 11.3 Å². The van der Waals surface area contributed by atoms with Gasteiger partial charge in [0.1, 0.15) is 11.1 Å². The number of rotatable bonds is 7. The van der Waals surface area contributed by atoms with Crippen molar-refractivity contribution >= 4 is 11.3 Å². The van der Waals surface area contributed by atoms with Crippen LogP contribution in [0.25, 0.3) is 0 Å². The lowest BCUT2D eigenvalue weighted by Gasteiger charge is -2.18. The molecule has 0 saturated carbocycles. The quantitative estimate of drug-likeness (QED) is 0.813. The Kier molecular flexibility index (Phi) is 6.05. The smallest absolute Gasteiger partial charge is 0.122 e. The van der Waals surface area contributed by atoms with E-state index in [2.05, 4.69) is 15.3 Å². The number of ether oxygens (including phenoxy) is 1. The normalized spacial score (nSPS) is 15.2. The summed E-state index contributed by atoms with van der Waals surface area (Å²) < 4.78 is 5.23. The maximum absolute atomic E-state index is 9.56. The van der Waals surface area contributed by atoms with Crippen LogP contribution in [0, 0.1) is 0 Å². The lowest BCUT2D eigenvalue weighted by molar-refractivity contribution is 0.116. The van der Waals surface area contributed by atoms with Crippen molar-refractivity contribution in [2.24, 2.45) is 0 Å². The lowest BCUT2D eigenvalue weighted by Crippen LogP contribution is -2.28. The van der Waals surface area contributed by atoms with Gasteiger partial charge in [-0.2, -0.15) is 0 Å². The Bertz CT molecular complexity index is 330. The Balaban J connectivity index is 2.48. The predicted octanol–water partition coefficient (Wildman–Crippen LogP) is 2.05. The highest BCUT2D eigenvalue weighted by atomic mass is 32.1. The summed E-state index contributed by atoms with van der Waals surface area (Å²) in [7, 11) is 3.69. The molecule has 0 amide bonds. The Morgan fingerprint density at radius 1 is 1.59 bits per heavy atom. The third-order valence-corrected chi connectivity index (χ3v) is 3.75. The minimum atomic E-state index is -0.254. The van der Waals surface area contributed by atoms with E-state index in [-0.39, 0.29) is 12.2 Å². The molecule has 2 atom stereocenters. The van der Waals surface area contributed by atoms with Gasteiger partial charge < -0.3 is 9.84 Å². The summed E-state index contributed by atoms with van der Waals surface area (Å²) in [5.41, 5.74) is 1.04. The fourth-order valence-corrected chi connectivity index (χ4v) is 2.35. The Morgan fingerprint density at radius 2 is 2.29 bits per heavy atom. The molecule has 0 fully saturated rings. The third kappa shape index (κ3) is 4.71. The minimum absolute atomic E-state index is 0.0558. The van der Waals surface area contributed by atoms with Crippen molar-refractivity contribution in [2.75, 3.05) is 20.7 Å². The second kappa shape index (κ2) is 7.06. The Labute approximate surface area is 107 Å². The van der Waals surface area contributed by atoms with Crippen LogP contribution in [0.2, 0.25) is 0 Å². The fourth-order valence-electron chi connectivity index (χ4n) is 1.51. The molecule has 1 aromatic rings. The van der Waals surface area contributed by atoms with E-state index >= 15 is 0 Å². The highest BCUT2D eigenvalue weighted by molar-refractivity contribution is 7.09. The van der Waals surface area contributed by atoms with Gasteiger partial charge >= 0.3 is 0 Å². The maximum atomic E-state index is 9.56. The molecular weight excluding hydrogens is 236 g/mol. The summed E-state index contributed by atoms with van der Waals surface area (Å²) in [6.45, 7) is 5.43. The topological polar surface area (TPSA) is 45.6 Å². The largest absolute Gasteiger partial charge is 0.392 e. The fraction of sp³-hybridized carbons (Fsp3) is 0.750. The van der Waals surface area contributed by atoms with Crippen molar-refractivity contribution in [1.82, 2.24) is 9.88 Å². The molecule has 0 saturated heterocycles. The number of hydrogen-bond donors (Lipinski definition) is 1. The molecule has 0 bridgehead atoms. The molecule has 4 nitrogen and oxygen atoms in total. The van der Waals surface area contributed by atoms with Crippen LogP contribution >= 0.6 is 11.3 Å². The van der Waals surface area contributed by atoms with E-state index in [1.807, 2.05) is 20.9 Å². The highest BCUT2D eigenvalue weighted by Crippen LogP contribution is 2.20. The zero-order valence-electron chi connectivity index (χ0n) is 11.0. The predicted molar refractivity (Wildman–Crippen MR) is 70.2 cm³/mol. The van der Waals surface area contributed by atoms with Gasteiger partial charge in [-0.1, -0.05) is 6.92 Å². The molecule has 1 rings (SSSR count). The first-order chi connectivity index (χ1) is 8.06.